The minimum absolute atomic E-state index is 0.513. The molecule has 15 heavy (non-hydrogen) atoms. The van der Waals surface area contributed by atoms with Crippen LogP contribution in [0.15, 0.2) is 58.3 Å². The molecule has 0 spiro atoms. The zero-order valence-electron chi connectivity index (χ0n) is 11.9. The van der Waals surface area contributed by atoms with E-state index >= 15 is 0 Å². The zero-order valence-corrected chi connectivity index (χ0v) is 8.74. The average Bonchev–Trinajstić information content (AvgIpc) is 2.40. The van der Waals surface area contributed by atoms with E-state index in [-0.39, 0.29) is 0 Å². The lowest BCUT2D eigenvalue weighted by Gasteiger charge is -2.02. The molecule has 0 atom stereocenters. The van der Waals surface area contributed by atoms with Crippen molar-refractivity contribution >= 4 is 23.1 Å². The molecule has 2 nitrogen and oxygen atoms in total. The third-order valence-corrected chi connectivity index (χ3v) is 2.92. The summed E-state index contributed by atoms with van der Waals surface area (Å²) in [6, 6.07) is 14.3. The summed E-state index contributed by atoms with van der Waals surface area (Å²) in [4.78, 5) is 2.01. The fourth-order valence-corrected chi connectivity index (χ4v) is 1.98. The van der Waals surface area contributed by atoms with Gasteiger partial charge in [0, 0.05) is 21.2 Å². The molecule has 3 heteroatoms. The first-order valence-electron chi connectivity index (χ1n) is 6.29. The second-order valence-electron chi connectivity index (χ2n) is 3.09. The molecular formula is C12H12N2S. The van der Waals surface area contributed by atoms with Crippen LogP contribution >= 0.6 is 11.8 Å². The van der Waals surface area contributed by atoms with Crippen molar-refractivity contribution in [1.29, 1.82) is 0 Å². The Labute approximate surface area is 99.1 Å². The van der Waals surface area contributed by atoms with E-state index in [0.717, 1.165) is 9.79 Å². The predicted molar refractivity (Wildman–Crippen MR) is 65.8 cm³/mol. The quantitative estimate of drug-likeness (QED) is 0.779. The monoisotopic (exact) mass is 220 g/mol. The van der Waals surface area contributed by atoms with E-state index in [1.165, 1.54) is 0 Å². The minimum Gasteiger partial charge on any atom is -0.399 e. The highest BCUT2D eigenvalue weighted by Gasteiger charge is 1.96. The molecule has 0 bridgehead atoms. The van der Waals surface area contributed by atoms with E-state index in [2.05, 4.69) is 0 Å². The highest BCUT2D eigenvalue weighted by molar-refractivity contribution is 7.99. The van der Waals surface area contributed by atoms with Crippen LogP contribution in [0, 0.1) is 0 Å². The van der Waals surface area contributed by atoms with Crippen LogP contribution in [0.5, 0.6) is 0 Å². The fraction of sp³-hybridized carbons (Fsp3) is 0. The molecule has 0 amide bonds. The molecule has 0 saturated carbocycles. The maximum Gasteiger partial charge on any atom is 0.156 e. The lowest BCUT2D eigenvalue weighted by Crippen LogP contribution is -1.83. The van der Waals surface area contributed by atoms with Crippen molar-refractivity contribution in [3.05, 3.63) is 48.5 Å². The maximum atomic E-state index is 7.13. The molecule has 0 heterocycles. The van der Waals surface area contributed by atoms with Crippen molar-refractivity contribution in [2.24, 2.45) is 0 Å². The molecule has 0 aromatic heterocycles. The Hall–Kier alpha value is -1.61. The fourth-order valence-electron chi connectivity index (χ4n) is 1.16. The average molecular weight is 220 g/mol. The molecule has 0 saturated heterocycles. The third kappa shape index (κ3) is 2.67. The van der Waals surface area contributed by atoms with Crippen LogP contribution in [0.1, 0.15) is 0 Å². The third-order valence-electron chi connectivity index (χ3n) is 1.91. The first kappa shape index (κ1) is 6.08. The van der Waals surface area contributed by atoms with Gasteiger partial charge in [0.25, 0.3) is 0 Å². The van der Waals surface area contributed by atoms with Crippen LogP contribution in [0.2, 0.25) is 5.65 Å². The van der Waals surface area contributed by atoms with E-state index in [0.29, 0.717) is 22.8 Å². The predicted octanol–water partition coefficient (Wildman–Crippen LogP) is 3.00. The minimum atomic E-state index is 0.513. The van der Waals surface area contributed by atoms with Crippen molar-refractivity contribution in [2.75, 3.05) is 11.4 Å². The SMILES string of the molecule is [2H]N([2H])c1ccc(Sc2ccc(N([2H])[2H])cc2)cc1. The van der Waals surface area contributed by atoms with E-state index < -0.39 is 0 Å². The lowest BCUT2D eigenvalue weighted by atomic mass is 10.3. The van der Waals surface area contributed by atoms with Gasteiger partial charge in [0.2, 0.25) is 0 Å². The van der Waals surface area contributed by atoms with Crippen LogP contribution < -0.4 is 11.4 Å². The van der Waals surface area contributed by atoms with Gasteiger partial charge in [0.05, 0.1) is 0 Å². The van der Waals surface area contributed by atoms with Gasteiger partial charge in [-0.1, -0.05) is 11.8 Å². The molecule has 76 valence electrons. The highest BCUT2D eigenvalue weighted by atomic mass is 32.2. The van der Waals surface area contributed by atoms with Crippen molar-refractivity contribution in [1.82, 2.24) is 0 Å². The Balaban J connectivity index is 2.08. The van der Waals surface area contributed by atoms with Crippen molar-refractivity contribution in [3.8, 4) is 0 Å². The van der Waals surface area contributed by atoms with E-state index in [1.54, 1.807) is 36.0 Å². The number of nitrogens with two attached hydrogens (primary N) is 2. The smallest absolute Gasteiger partial charge is 0.156 e. The first-order valence-corrected chi connectivity index (χ1v) is 5.31. The van der Waals surface area contributed by atoms with Gasteiger partial charge in [0.15, 0.2) is 5.65 Å². The maximum absolute atomic E-state index is 7.13. The van der Waals surface area contributed by atoms with E-state index in [1.807, 2.05) is 24.3 Å². The zero-order chi connectivity index (χ0) is 13.8. The van der Waals surface area contributed by atoms with Gasteiger partial charge in [-0.25, -0.2) is 0 Å². The van der Waals surface area contributed by atoms with Gasteiger partial charge in [-0.2, -0.15) is 0 Å². The van der Waals surface area contributed by atoms with Gasteiger partial charge in [-0.3, -0.25) is 0 Å². The van der Waals surface area contributed by atoms with Crippen LogP contribution in [-0.4, -0.2) is 0 Å². The number of nitrogen functional groups attached to an aromatic ring is 2. The Morgan fingerprint density at radius 3 is 1.47 bits per heavy atom. The van der Waals surface area contributed by atoms with Gasteiger partial charge >= 0.3 is 0 Å². The van der Waals surface area contributed by atoms with Gasteiger partial charge in [-0.15, -0.1) is 0 Å². The molecule has 0 fully saturated rings. The standard InChI is InChI=1S/C12H12N2S/c13-9-1-5-11(6-2-9)15-12-7-3-10(14)4-8-12/h1-8H,13-14H2/i/hD4. The second-order valence-corrected chi connectivity index (χ2v) is 4.24. The number of benzene rings is 2. The molecule has 4 N–H and O–H groups in total. The Morgan fingerprint density at radius 2 is 1.13 bits per heavy atom. The van der Waals surface area contributed by atoms with Crippen LogP contribution in [0.4, 0.5) is 11.4 Å². The van der Waals surface area contributed by atoms with E-state index in [4.69, 9.17) is 5.65 Å². The number of hydrogen-bond acceptors (Lipinski definition) is 3. The summed E-state index contributed by atoms with van der Waals surface area (Å²) in [6.07, 6.45) is 0. The molecule has 0 unspecified atom stereocenters. The van der Waals surface area contributed by atoms with Crippen molar-refractivity contribution in [2.45, 2.75) is 9.79 Å². The second kappa shape index (κ2) is 4.28. The lowest BCUT2D eigenvalue weighted by molar-refractivity contribution is 1.41. The molecule has 2 rings (SSSR count). The Morgan fingerprint density at radius 1 is 0.733 bits per heavy atom. The molecule has 0 aliphatic carbocycles. The molecule has 0 aliphatic heterocycles. The van der Waals surface area contributed by atoms with Gasteiger partial charge in [0.1, 0.15) is 0 Å². The topological polar surface area (TPSA) is 52.0 Å². The molecule has 2 aromatic carbocycles. The van der Waals surface area contributed by atoms with Crippen LogP contribution in [0.25, 0.3) is 0 Å². The molecule has 2 aromatic rings. The number of rotatable bonds is 4. The molecule has 0 radical (unpaired) electrons. The largest absolute Gasteiger partial charge is 0.399 e. The van der Waals surface area contributed by atoms with Crippen molar-refractivity contribution in [3.63, 3.8) is 0 Å². The van der Waals surface area contributed by atoms with Crippen molar-refractivity contribution < 1.29 is 5.65 Å². The molecular weight excluding hydrogens is 204 g/mol. The summed E-state index contributed by atoms with van der Waals surface area (Å²) >= 11 is 1.55. The normalized spacial score (nSPS) is 13.3. The summed E-state index contributed by atoms with van der Waals surface area (Å²) in [5.74, 6) is 0. The summed E-state index contributed by atoms with van der Waals surface area (Å²) in [6.45, 7) is 0. The number of anilines is 2. The first-order chi connectivity index (χ1) is 9.06. The van der Waals surface area contributed by atoms with E-state index in [9.17, 15) is 0 Å². The summed E-state index contributed by atoms with van der Waals surface area (Å²) < 4.78 is 28.5. The van der Waals surface area contributed by atoms with Gasteiger partial charge < -0.3 is 11.4 Å². The van der Waals surface area contributed by atoms with Crippen LogP contribution in [-0.2, 0) is 0 Å². The summed E-state index contributed by atoms with van der Waals surface area (Å²) in [5, 5.41) is 0. The van der Waals surface area contributed by atoms with Gasteiger partial charge in [-0.05, 0) is 48.5 Å². The number of hydrogen-bond donors (Lipinski definition) is 2. The molecule has 0 aliphatic rings. The summed E-state index contributed by atoms with van der Waals surface area (Å²) in [7, 11) is 0. The summed E-state index contributed by atoms with van der Waals surface area (Å²) in [5.41, 5.74) is 2.16. The Bertz CT molecular complexity index is 479. The van der Waals surface area contributed by atoms with Crippen LogP contribution in [0.3, 0.4) is 0 Å². The highest BCUT2D eigenvalue weighted by Crippen LogP contribution is 2.28. The Kier molecular flexibility index (Phi) is 1.73.